The van der Waals surface area contributed by atoms with E-state index in [1.807, 2.05) is 72.9 Å². The van der Waals surface area contributed by atoms with E-state index in [-0.39, 0.29) is 6.61 Å². The summed E-state index contributed by atoms with van der Waals surface area (Å²) in [5.74, 6) is 3.14. The number of halogens is 1. The van der Waals surface area contributed by atoms with Crippen molar-refractivity contribution < 1.29 is 14.3 Å². The van der Waals surface area contributed by atoms with Gasteiger partial charge in [0.1, 0.15) is 11.5 Å². The van der Waals surface area contributed by atoms with Crippen LogP contribution in [-0.2, 0) is 4.79 Å². The van der Waals surface area contributed by atoms with Gasteiger partial charge in [-0.3, -0.25) is 0 Å². The van der Waals surface area contributed by atoms with Crippen LogP contribution in [0.1, 0.15) is 15.7 Å². The Morgan fingerprint density at radius 1 is 1.17 bits per heavy atom. The van der Waals surface area contributed by atoms with E-state index in [0.29, 0.717) is 16.1 Å². The molecule has 2 aromatic carbocycles. The van der Waals surface area contributed by atoms with Crippen molar-refractivity contribution in [3.63, 3.8) is 0 Å². The molecule has 1 fully saturated rings. The van der Waals surface area contributed by atoms with Crippen LogP contribution < -0.4 is 9.47 Å². The van der Waals surface area contributed by atoms with Gasteiger partial charge in [0.05, 0.1) is 9.05 Å². The predicted octanol–water partition coefficient (Wildman–Crippen LogP) is 5.22. The number of benzene rings is 2. The number of aryl methyl sites for hydroxylation is 1. The third-order valence-electron chi connectivity index (χ3n) is 3.44. The zero-order chi connectivity index (χ0) is 16.9. The molecule has 0 aliphatic carbocycles. The number of thioether (sulfide) groups is 2. The van der Waals surface area contributed by atoms with Gasteiger partial charge in [0.25, 0.3) is 0 Å². The van der Waals surface area contributed by atoms with E-state index in [1.165, 1.54) is 17.1 Å². The first-order valence-electron chi connectivity index (χ1n) is 7.54. The van der Waals surface area contributed by atoms with E-state index >= 15 is 0 Å². The molecule has 0 bridgehead atoms. The van der Waals surface area contributed by atoms with Crippen LogP contribution in [0.2, 0.25) is 0 Å². The molecule has 0 saturated carbocycles. The van der Waals surface area contributed by atoms with Gasteiger partial charge in [-0.25, -0.2) is 4.79 Å². The summed E-state index contributed by atoms with van der Waals surface area (Å²) in [4.78, 5) is 11.9. The van der Waals surface area contributed by atoms with E-state index in [9.17, 15) is 4.79 Å². The van der Waals surface area contributed by atoms with Crippen molar-refractivity contribution in [2.75, 3.05) is 18.1 Å². The molecule has 1 heterocycles. The highest BCUT2D eigenvalue weighted by Crippen LogP contribution is 2.45. The molecule has 126 valence electrons. The highest BCUT2D eigenvalue weighted by Gasteiger charge is 2.18. The molecule has 0 aromatic heterocycles. The molecule has 2 aromatic rings. The van der Waals surface area contributed by atoms with Crippen molar-refractivity contribution in [2.24, 2.45) is 0 Å². The van der Waals surface area contributed by atoms with Crippen LogP contribution in [0.25, 0.3) is 0 Å². The fourth-order valence-electron chi connectivity index (χ4n) is 2.26. The summed E-state index contributed by atoms with van der Waals surface area (Å²) in [5, 5.41) is 0. The third-order valence-corrected chi connectivity index (χ3v) is 7.16. The monoisotopic (exact) mass is 424 g/mol. The quantitative estimate of drug-likeness (QED) is 0.485. The van der Waals surface area contributed by atoms with Gasteiger partial charge < -0.3 is 9.47 Å². The molecular formula is C18H17BrO3S2. The molecule has 3 rings (SSSR count). The highest BCUT2D eigenvalue weighted by molar-refractivity contribution is 9.10. The first-order valence-corrected chi connectivity index (χ1v) is 10.4. The van der Waals surface area contributed by atoms with Crippen LogP contribution >= 0.6 is 39.5 Å². The topological polar surface area (TPSA) is 35.5 Å². The number of carbonyl (C=O) groups is 1. The van der Waals surface area contributed by atoms with Gasteiger partial charge in [0.2, 0.25) is 0 Å². The molecule has 6 heteroatoms. The SMILES string of the molecule is Cc1ccc(OCC(=O)Oc2ccc(C3SCCS3)cc2)c(Br)c1. The lowest BCUT2D eigenvalue weighted by Gasteiger charge is -2.10. The first kappa shape index (κ1) is 17.7. The number of carbonyl (C=O) groups excluding carboxylic acids is 1. The minimum Gasteiger partial charge on any atom is -0.481 e. The van der Waals surface area contributed by atoms with Crippen molar-refractivity contribution in [3.05, 3.63) is 58.1 Å². The maximum Gasteiger partial charge on any atom is 0.349 e. The average Bonchev–Trinajstić information content (AvgIpc) is 3.09. The fraction of sp³-hybridized carbons (Fsp3) is 0.278. The Labute approximate surface area is 158 Å². The summed E-state index contributed by atoms with van der Waals surface area (Å²) in [6.45, 7) is 1.87. The number of ether oxygens (including phenoxy) is 2. The van der Waals surface area contributed by atoms with Crippen LogP contribution in [0.15, 0.2) is 46.9 Å². The maximum absolute atomic E-state index is 11.9. The Hall–Kier alpha value is -1.11. The van der Waals surface area contributed by atoms with Gasteiger partial charge in [-0.2, -0.15) is 0 Å². The van der Waals surface area contributed by atoms with Crippen LogP contribution in [0.4, 0.5) is 0 Å². The lowest BCUT2D eigenvalue weighted by molar-refractivity contribution is -0.136. The molecule has 3 nitrogen and oxygen atoms in total. The Bertz CT molecular complexity index is 713. The molecule has 0 unspecified atom stereocenters. The minimum absolute atomic E-state index is 0.127. The van der Waals surface area contributed by atoms with Crippen molar-refractivity contribution >= 4 is 45.4 Å². The molecule has 0 N–H and O–H groups in total. The molecule has 1 aliphatic heterocycles. The first-order chi connectivity index (χ1) is 11.6. The average molecular weight is 425 g/mol. The number of rotatable bonds is 5. The van der Waals surface area contributed by atoms with E-state index in [4.69, 9.17) is 9.47 Å². The Balaban J connectivity index is 1.52. The Morgan fingerprint density at radius 3 is 2.54 bits per heavy atom. The summed E-state index contributed by atoms with van der Waals surface area (Å²) in [7, 11) is 0. The van der Waals surface area contributed by atoms with Gasteiger partial charge in [0, 0.05) is 11.5 Å². The number of esters is 1. The summed E-state index contributed by atoms with van der Waals surface area (Å²) >= 11 is 7.33. The Morgan fingerprint density at radius 2 is 1.88 bits per heavy atom. The predicted molar refractivity (Wildman–Crippen MR) is 104 cm³/mol. The molecular weight excluding hydrogens is 408 g/mol. The normalized spacial score (nSPS) is 14.6. The van der Waals surface area contributed by atoms with E-state index in [2.05, 4.69) is 15.9 Å². The van der Waals surface area contributed by atoms with Crippen LogP contribution in [0.3, 0.4) is 0 Å². The third kappa shape index (κ3) is 4.71. The lowest BCUT2D eigenvalue weighted by atomic mass is 10.2. The maximum atomic E-state index is 11.9. The summed E-state index contributed by atoms with van der Waals surface area (Å²) in [6.07, 6.45) is 0. The number of hydrogen-bond acceptors (Lipinski definition) is 5. The zero-order valence-corrected chi connectivity index (χ0v) is 16.4. The van der Waals surface area contributed by atoms with E-state index in [1.54, 1.807) is 0 Å². The number of hydrogen-bond donors (Lipinski definition) is 0. The standard InChI is InChI=1S/C18H17BrO3S2/c1-12-2-7-16(15(19)10-12)21-11-17(20)22-14-5-3-13(4-6-14)18-23-8-9-24-18/h2-7,10,18H,8-9,11H2,1H3. The van der Waals surface area contributed by atoms with E-state index < -0.39 is 5.97 Å². The molecule has 1 saturated heterocycles. The van der Waals surface area contributed by atoms with Crippen LogP contribution in [0, 0.1) is 6.92 Å². The van der Waals surface area contributed by atoms with Gasteiger partial charge in [0.15, 0.2) is 6.61 Å². The van der Waals surface area contributed by atoms with Crippen molar-refractivity contribution in [1.29, 1.82) is 0 Å². The molecule has 0 amide bonds. The van der Waals surface area contributed by atoms with Crippen LogP contribution in [-0.4, -0.2) is 24.1 Å². The summed E-state index contributed by atoms with van der Waals surface area (Å²) < 4.78 is 12.1. The van der Waals surface area contributed by atoms with E-state index in [0.717, 1.165) is 10.0 Å². The van der Waals surface area contributed by atoms with Crippen molar-refractivity contribution in [2.45, 2.75) is 11.5 Å². The Kier molecular flexibility index (Phi) is 6.14. The van der Waals surface area contributed by atoms with Gasteiger partial charge in [-0.05, 0) is 58.2 Å². The molecule has 24 heavy (non-hydrogen) atoms. The summed E-state index contributed by atoms with van der Waals surface area (Å²) in [6, 6.07) is 13.4. The lowest BCUT2D eigenvalue weighted by Crippen LogP contribution is -2.17. The molecule has 0 spiro atoms. The molecule has 0 radical (unpaired) electrons. The second kappa shape index (κ2) is 8.32. The second-order valence-electron chi connectivity index (χ2n) is 5.34. The highest BCUT2D eigenvalue weighted by atomic mass is 79.9. The largest absolute Gasteiger partial charge is 0.481 e. The molecule has 1 aliphatic rings. The second-order valence-corrected chi connectivity index (χ2v) is 8.92. The van der Waals surface area contributed by atoms with Gasteiger partial charge in [-0.1, -0.05) is 18.2 Å². The smallest absolute Gasteiger partial charge is 0.349 e. The van der Waals surface area contributed by atoms with Gasteiger partial charge >= 0.3 is 5.97 Å². The molecule has 0 atom stereocenters. The van der Waals surface area contributed by atoms with Crippen molar-refractivity contribution in [3.8, 4) is 11.5 Å². The van der Waals surface area contributed by atoms with Crippen LogP contribution in [0.5, 0.6) is 11.5 Å². The van der Waals surface area contributed by atoms with Crippen molar-refractivity contribution in [1.82, 2.24) is 0 Å². The summed E-state index contributed by atoms with van der Waals surface area (Å²) in [5.41, 5.74) is 2.39. The minimum atomic E-state index is -0.417. The fourth-order valence-corrected chi connectivity index (χ4v) is 5.73. The van der Waals surface area contributed by atoms with Gasteiger partial charge in [-0.15, -0.1) is 23.5 Å². The zero-order valence-electron chi connectivity index (χ0n) is 13.2.